The molecule has 22 heavy (non-hydrogen) atoms. The van der Waals surface area contributed by atoms with Crippen molar-refractivity contribution in [3.05, 3.63) is 17.5 Å². The van der Waals surface area contributed by atoms with Crippen LogP contribution in [-0.2, 0) is 18.3 Å². The quantitative estimate of drug-likeness (QED) is 0.843. The van der Waals surface area contributed by atoms with Crippen LogP contribution < -0.4 is 5.32 Å². The second kappa shape index (κ2) is 6.38. The number of carbonyl (C=O) groups is 1. The number of aryl methyl sites for hydroxylation is 1. The fourth-order valence-electron chi connectivity index (χ4n) is 3.76. The van der Waals surface area contributed by atoms with E-state index < -0.39 is 0 Å². The Morgan fingerprint density at radius 1 is 1.45 bits per heavy atom. The number of nitrogens with zero attached hydrogens (tertiary/aromatic N) is 3. The van der Waals surface area contributed by atoms with Crippen molar-refractivity contribution in [2.45, 2.75) is 57.2 Å². The van der Waals surface area contributed by atoms with Crippen LogP contribution in [0.2, 0.25) is 0 Å². The molecule has 6 nitrogen and oxygen atoms in total. The third kappa shape index (κ3) is 3.17. The van der Waals surface area contributed by atoms with Crippen LogP contribution in [-0.4, -0.2) is 57.0 Å². The van der Waals surface area contributed by atoms with E-state index in [-0.39, 0.29) is 18.1 Å². The van der Waals surface area contributed by atoms with Gasteiger partial charge in [0.05, 0.1) is 18.7 Å². The molecule has 3 atom stereocenters. The van der Waals surface area contributed by atoms with Gasteiger partial charge in [0, 0.05) is 43.5 Å². The van der Waals surface area contributed by atoms with E-state index in [2.05, 4.69) is 15.3 Å². The number of aliphatic hydroxyl groups excluding tert-OH is 1. The van der Waals surface area contributed by atoms with Gasteiger partial charge in [-0.1, -0.05) is 0 Å². The van der Waals surface area contributed by atoms with Gasteiger partial charge in [0.1, 0.15) is 0 Å². The molecule has 1 saturated carbocycles. The van der Waals surface area contributed by atoms with Crippen LogP contribution in [0.5, 0.6) is 0 Å². The highest BCUT2D eigenvalue weighted by molar-refractivity contribution is 5.79. The lowest BCUT2D eigenvalue weighted by atomic mass is 10.1. The summed E-state index contributed by atoms with van der Waals surface area (Å²) in [7, 11) is 1.89. The van der Waals surface area contributed by atoms with Crippen LogP contribution in [0.4, 0.5) is 0 Å². The van der Waals surface area contributed by atoms with Crippen LogP contribution >= 0.6 is 0 Å². The van der Waals surface area contributed by atoms with Crippen molar-refractivity contribution in [1.29, 1.82) is 0 Å². The molecule has 1 aromatic rings. The number of nitrogens with one attached hydrogen (secondary N) is 1. The highest BCUT2D eigenvalue weighted by Crippen LogP contribution is 2.27. The Hall–Kier alpha value is -1.40. The highest BCUT2D eigenvalue weighted by Gasteiger charge is 2.36. The monoisotopic (exact) mass is 306 g/mol. The van der Waals surface area contributed by atoms with E-state index in [0.29, 0.717) is 12.5 Å². The molecule has 2 N–H and O–H groups in total. The van der Waals surface area contributed by atoms with Crippen LogP contribution in [0, 0.1) is 6.92 Å². The fraction of sp³-hybridized carbons (Fsp3) is 0.750. The summed E-state index contributed by atoms with van der Waals surface area (Å²) in [6, 6.07) is 0.603. The molecule has 2 fully saturated rings. The van der Waals surface area contributed by atoms with Gasteiger partial charge in [-0.05, 0) is 32.6 Å². The summed E-state index contributed by atoms with van der Waals surface area (Å²) in [6.45, 7) is 3.68. The van der Waals surface area contributed by atoms with Crippen LogP contribution in [0.3, 0.4) is 0 Å². The Bertz CT molecular complexity index is 542. The molecule has 2 aliphatic rings. The normalized spacial score (nSPS) is 29.1. The Morgan fingerprint density at radius 2 is 2.27 bits per heavy atom. The minimum absolute atomic E-state index is 0.0766. The van der Waals surface area contributed by atoms with Gasteiger partial charge in [-0.25, -0.2) is 0 Å². The molecular weight excluding hydrogens is 280 g/mol. The molecule has 3 rings (SSSR count). The summed E-state index contributed by atoms with van der Waals surface area (Å²) in [5.41, 5.74) is 2.03. The first kappa shape index (κ1) is 15.5. The Labute approximate surface area is 131 Å². The average Bonchev–Trinajstić information content (AvgIpc) is 3.16. The molecule has 6 heteroatoms. The largest absolute Gasteiger partial charge is 0.392 e. The zero-order valence-electron chi connectivity index (χ0n) is 13.5. The smallest absolute Gasteiger partial charge is 0.224 e. The molecule has 1 unspecified atom stereocenters. The first-order chi connectivity index (χ1) is 10.5. The lowest BCUT2D eigenvalue weighted by Crippen LogP contribution is -2.48. The van der Waals surface area contributed by atoms with E-state index in [1.165, 1.54) is 0 Å². The Morgan fingerprint density at radius 3 is 2.91 bits per heavy atom. The first-order valence-electron chi connectivity index (χ1n) is 8.23. The van der Waals surface area contributed by atoms with E-state index in [0.717, 1.165) is 50.0 Å². The van der Waals surface area contributed by atoms with Crippen molar-refractivity contribution in [3.8, 4) is 0 Å². The predicted octanol–water partition coefficient (Wildman–Crippen LogP) is 0.375. The highest BCUT2D eigenvalue weighted by atomic mass is 16.3. The molecule has 1 aliphatic carbocycles. The maximum absolute atomic E-state index is 12.3. The summed E-state index contributed by atoms with van der Waals surface area (Å²) < 4.78 is 1.80. The number of rotatable bonds is 4. The third-order valence-electron chi connectivity index (χ3n) is 5.18. The standard InChI is InChI=1S/C16H26N4O2/c1-11-12(9-17-19(11)2)8-16(22)18-14-4-3-5-15(14)20-7-6-13(21)10-20/h9,13-15,21H,3-8,10H2,1-2H3,(H,18,22)/t13?,14-,15+/m1/s1. The summed E-state index contributed by atoms with van der Waals surface area (Å²) in [6.07, 6.45) is 6.12. The fourth-order valence-corrected chi connectivity index (χ4v) is 3.76. The van der Waals surface area contributed by atoms with Crippen molar-refractivity contribution in [2.75, 3.05) is 13.1 Å². The van der Waals surface area contributed by atoms with Gasteiger partial charge in [-0.15, -0.1) is 0 Å². The number of hydrogen-bond acceptors (Lipinski definition) is 4. The molecule has 0 spiro atoms. The number of amides is 1. The molecule has 0 aromatic carbocycles. The van der Waals surface area contributed by atoms with E-state index in [1.807, 2.05) is 14.0 Å². The summed E-state index contributed by atoms with van der Waals surface area (Å²) in [5.74, 6) is 0.0766. The van der Waals surface area contributed by atoms with Gasteiger partial charge >= 0.3 is 0 Å². The molecule has 1 saturated heterocycles. The second-order valence-electron chi connectivity index (χ2n) is 6.67. The van der Waals surface area contributed by atoms with Gasteiger partial charge in [-0.2, -0.15) is 5.10 Å². The Balaban J connectivity index is 1.57. The lowest BCUT2D eigenvalue weighted by Gasteiger charge is -2.29. The number of β-amino-alcohol motifs (C(OH)–C–C–N with tert-alkyl or cyclic N) is 1. The van der Waals surface area contributed by atoms with E-state index in [9.17, 15) is 9.90 Å². The summed E-state index contributed by atoms with van der Waals surface area (Å²) >= 11 is 0. The maximum Gasteiger partial charge on any atom is 0.224 e. The van der Waals surface area contributed by atoms with Crippen molar-refractivity contribution in [3.63, 3.8) is 0 Å². The number of hydrogen-bond donors (Lipinski definition) is 2. The van der Waals surface area contributed by atoms with Crippen LogP contribution in [0.25, 0.3) is 0 Å². The zero-order valence-corrected chi connectivity index (χ0v) is 13.5. The van der Waals surface area contributed by atoms with Gasteiger partial charge in [0.15, 0.2) is 0 Å². The third-order valence-corrected chi connectivity index (χ3v) is 5.18. The topological polar surface area (TPSA) is 70.4 Å². The molecule has 1 amide bonds. The van der Waals surface area contributed by atoms with Crippen LogP contribution in [0.1, 0.15) is 36.9 Å². The number of aromatic nitrogens is 2. The zero-order chi connectivity index (χ0) is 15.7. The van der Waals surface area contributed by atoms with E-state index in [4.69, 9.17) is 0 Å². The van der Waals surface area contributed by atoms with Crippen molar-refractivity contribution >= 4 is 5.91 Å². The molecule has 0 bridgehead atoms. The van der Waals surface area contributed by atoms with Gasteiger partial charge in [-0.3, -0.25) is 14.4 Å². The maximum atomic E-state index is 12.3. The lowest BCUT2D eigenvalue weighted by molar-refractivity contribution is -0.121. The van der Waals surface area contributed by atoms with Gasteiger partial charge < -0.3 is 10.4 Å². The van der Waals surface area contributed by atoms with Crippen molar-refractivity contribution in [2.24, 2.45) is 7.05 Å². The molecule has 1 aromatic heterocycles. The van der Waals surface area contributed by atoms with Gasteiger partial charge in [0.2, 0.25) is 5.91 Å². The number of likely N-dealkylation sites (tertiary alicyclic amines) is 1. The van der Waals surface area contributed by atoms with E-state index >= 15 is 0 Å². The number of aliphatic hydroxyl groups is 1. The van der Waals surface area contributed by atoms with Crippen molar-refractivity contribution in [1.82, 2.24) is 20.0 Å². The molecule has 0 radical (unpaired) electrons. The van der Waals surface area contributed by atoms with Crippen molar-refractivity contribution < 1.29 is 9.90 Å². The second-order valence-corrected chi connectivity index (χ2v) is 6.67. The first-order valence-corrected chi connectivity index (χ1v) is 8.23. The average molecular weight is 306 g/mol. The SMILES string of the molecule is Cc1c(CC(=O)N[C@@H]2CCC[C@@H]2N2CCC(O)C2)cnn1C. The summed E-state index contributed by atoms with van der Waals surface area (Å²) in [4.78, 5) is 14.7. The molecule has 122 valence electrons. The summed E-state index contributed by atoms with van der Waals surface area (Å²) in [5, 5.41) is 17.1. The molecule has 1 aliphatic heterocycles. The Kier molecular flexibility index (Phi) is 4.49. The van der Waals surface area contributed by atoms with E-state index in [1.54, 1.807) is 10.9 Å². The van der Waals surface area contributed by atoms with Gasteiger partial charge in [0.25, 0.3) is 0 Å². The molecular formula is C16H26N4O2. The minimum Gasteiger partial charge on any atom is -0.392 e. The minimum atomic E-state index is -0.199. The molecule has 2 heterocycles. The number of carbonyl (C=O) groups excluding carboxylic acids is 1. The predicted molar refractivity (Wildman–Crippen MR) is 83.4 cm³/mol. The van der Waals surface area contributed by atoms with Crippen LogP contribution in [0.15, 0.2) is 6.20 Å².